The van der Waals surface area contributed by atoms with Crippen molar-refractivity contribution in [2.24, 2.45) is 0 Å². The number of aromatic nitrogens is 2. The minimum atomic E-state index is -0.149. The molecular weight excluding hydrogens is 372 g/mol. The van der Waals surface area contributed by atoms with Gasteiger partial charge in [-0.05, 0) is 49.8 Å². The molecule has 1 aromatic carbocycles. The van der Waals surface area contributed by atoms with Gasteiger partial charge in [-0.3, -0.25) is 14.3 Å². The number of hydrogen-bond donors (Lipinski definition) is 2. The highest BCUT2D eigenvalue weighted by Gasteiger charge is 2.28. The number of nitrogens with zero attached hydrogens (tertiary/aromatic N) is 2. The number of benzene rings is 1. The smallest absolute Gasteiger partial charge is 0.326 e. The van der Waals surface area contributed by atoms with Gasteiger partial charge in [-0.25, -0.2) is 4.79 Å². The fraction of sp³-hybridized carbons (Fsp3) is 0.429. The van der Waals surface area contributed by atoms with E-state index >= 15 is 0 Å². The number of likely N-dealkylation sites (tertiary alicyclic amines) is 1. The van der Waals surface area contributed by atoms with Crippen LogP contribution in [-0.2, 0) is 11.2 Å². The molecule has 0 radical (unpaired) electrons. The zero-order valence-electron chi connectivity index (χ0n) is 16.1. The summed E-state index contributed by atoms with van der Waals surface area (Å²) < 4.78 is 1.89. The number of H-pyrrole nitrogens is 1. The number of hydrogen-bond acceptors (Lipinski definition) is 4. The lowest BCUT2D eigenvalue weighted by molar-refractivity contribution is -0.126. The molecule has 1 atom stereocenters. The zero-order chi connectivity index (χ0) is 19.5. The molecule has 0 saturated carbocycles. The predicted octanol–water partition coefficient (Wildman–Crippen LogP) is 2.78. The third-order valence-corrected chi connectivity index (χ3v) is 6.60. The van der Waals surface area contributed by atoms with Crippen LogP contribution in [0.25, 0.3) is 11.0 Å². The molecule has 28 heavy (non-hydrogen) atoms. The van der Waals surface area contributed by atoms with E-state index < -0.39 is 0 Å². The van der Waals surface area contributed by atoms with E-state index in [-0.39, 0.29) is 23.7 Å². The highest BCUT2D eigenvalue weighted by Crippen LogP contribution is 2.25. The van der Waals surface area contributed by atoms with Gasteiger partial charge in [0.15, 0.2) is 0 Å². The van der Waals surface area contributed by atoms with Gasteiger partial charge in [-0.2, -0.15) is 0 Å². The van der Waals surface area contributed by atoms with Crippen molar-refractivity contribution in [1.29, 1.82) is 0 Å². The number of nitrogens with one attached hydrogen (secondary N) is 2. The summed E-state index contributed by atoms with van der Waals surface area (Å²) in [6.07, 6.45) is 2.62. The summed E-state index contributed by atoms with van der Waals surface area (Å²) in [6, 6.07) is 12.0. The number of carbonyl (C=O) groups is 1. The summed E-state index contributed by atoms with van der Waals surface area (Å²) in [4.78, 5) is 31.4. The SMILES string of the molecule is CC(C(=O)NCCc1cccs1)N1CCC(n2c(=O)[nH]c3ccccc32)CC1. The van der Waals surface area contributed by atoms with Crippen LogP contribution in [0.2, 0.25) is 0 Å². The van der Waals surface area contributed by atoms with Gasteiger partial charge in [0.2, 0.25) is 5.91 Å². The van der Waals surface area contributed by atoms with Crippen molar-refractivity contribution in [3.8, 4) is 0 Å². The molecule has 1 unspecified atom stereocenters. The molecule has 1 saturated heterocycles. The van der Waals surface area contributed by atoms with Crippen LogP contribution in [0.5, 0.6) is 0 Å². The van der Waals surface area contributed by atoms with Crippen LogP contribution in [0.1, 0.15) is 30.7 Å². The van der Waals surface area contributed by atoms with Gasteiger partial charge in [0.25, 0.3) is 0 Å². The topological polar surface area (TPSA) is 70.1 Å². The summed E-state index contributed by atoms with van der Waals surface area (Å²) in [5.74, 6) is 0.0827. The van der Waals surface area contributed by atoms with Crippen LogP contribution in [0, 0.1) is 0 Å². The molecule has 2 aromatic heterocycles. The van der Waals surface area contributed by atoms with E-state index in [0.29, 0.717) is 6.54 Å². The largest absolute Gasteiger partial charge is 0.354 e. The van der Waals surface area contributed by atoms with E-state index in [0.717, 1.165) is 43.4 Å². The number of amides is 1. The van der Waals surface area contributed by atoms with Gasteiger partial charge in [0, 0.05) is 30.6 Å². The first-order valence-electron chi connectivity index (χ1n) is 9.87. The summed E-state index contributed by atoms with van der Waals surface area (Å²) in [5.41, 5.74) is 1.80. The Morgan fingerprint density at radius 2 is 2.04 bits per heavy atom. The van der Waals surface area contributed by atoms with Crippen molar-refractivity contribution in [3.05, 3.63) is 57.1 Å². The molecular formula is C21H26N4O2S. The van der Waals surface area contributed by atoms with Gasteiger partial charge in [0.05, 0.1) is 17.1 Å². The number of rotatable bonds is 6. The molecule has 0 spiro atoms. The molecule has 1 aliphatic heterocycles. The highest BCUT2D eigenvalue weighted by molar-refractivity contribution is 7.09. The van der Waals surface area contributed by atoms with Gasteiger partial charge in [0.1, 0.15) is 0 Å². The standard InChI is InChI=1S/C21H26N4O2S/c1-15(20(26)22-11-8-17-5-4-14-28-17)24-12-9-16(10-13-24)25-19-7-3-2-6-18(19)23-21(25)27/h2-7,14-16H,8-13H2,1H3,(H,22,26)(H,23,27). The molecule has 0 aliphatic carbocycles. The molecule has 3 aromatic rings. The summed E-state index contributed by atoms with van der Waals surface area (Å²) in [5, 5.41) is 5.11. The number of imidazole rings is 1. The van der Waals surface area contributed by atoms with Crippen molar-refractivity contribution < 1.29 is 4.79 Å². The average molecular weight is 399 g/mol. The maximum absolute atomic E-state index is 12.5. The minimum absolute atomic E-state index is 0.0426. The fourth-order valence-electron chi connectivity index (χ4n) is 4.05. The normalized spacial score (nSPS) is 17.0. The second kappa shape index (κ2) is 8.32. The van der Waals surface area contributed by atoms with E-state index in [1.165, 1.54) is 4.88 Å². The number of piperidine rings is 1. The third-order valence-electron chi connectivity index (χ3n) is 5.67. The zero-order valence-corrected chi connectivity index (χ0v) is 16.9. The van der Waals surface area contributed by atoms with E-state index in [1.54, 1.807) is 11.3 Å². The number of para-hydroxylation sites is 2. The van der Waals surface area contributed by atoms with Crippen LogP contribution < -0.4 is 11.0 Å². The lowest BCUT2D eigenvalue weighted by atomic mass is 10.0. The minimum Gasteiger partial charge on any atom is -0.354 e. The van der Waals surface area contributed by atoms with Crippen LogP contribution in [0.4, 0.5) is 0 Å². The van der Waals surface area contributed by atoms with Crippen LogP contribution in [-0.4, -0.2) is 46.0 Å². The molecule has 6 nitrogen and oxygen atoms in total. The van der Waals surface area contributed by atoms with Crippen molar-refractivity contribution in [2.75, 3.05) is 19.6 Å². The Morgan fingerprint density at radius 3 is 2.79 bits per heavy atom. The van der Waals surface area contributed by atoms with E-state index in [4.69, 9.17) is 0 Å². The molecule has 1 aliphatic rings. The number of fused-ring (bicyclic) bond motifs is 1. The quantitative estimate of drug-likeness (QED) is 0.671. The Balaban J connectivity index is 1.32. The summed E-state index contributed by atoms with van der Waals surface area (Å²) in [7, 11) is 0. The first-order valence-corrected chi connectivity index (χ1v) is 10.7. The fourth-order valence-corrected chi connectivity index (χ4v) is 4.75. The molecule has 0 bridgehead atoms. The van der Waals surface area contributed by atoms with Gasteiger partial charge in [-0.1, -0.05) is 18.2 Å². The Bertz CT molecular complexity index is 983. The number of thiophene rings is 1. The van der Waals surface area contributed by atoms with Crippen molar-refractivity contribution in [3.63, 3.8) is 0 Å². The van der Waals surface area contributed by atoms with Gasteiger partial charge < -0.3 is 10.3 Å². The van der Waals surface area contributed by atoms with Crippen LogP contribution in [0.15, 0.2) is 46.6 Å². The van der Waals surface area contributed by atoms with E-state index in [2.05, 4.69) is 26.6 Å². The molecule has 1 amide bonds. The Labute approximate surface area is 168 Å². The molecule has 1 fully saturated rings. The Hall–Kier alpha value is -2.38. The highest BCUT2D eigenvalue weighted by atomic mass is 32.1. The second-order valence-electron chi connectivity index (χ2n) is 7.38. The van der Waals surface area contributed by atoms with E-state index in [9.17, 15) is 9.59 Å². The molecule has 3 heterocycles. The second-order valence-corrected chi connectivity index (χ2v) is 8.41. The molecule has 148 valence electrons. The number of aromatic amines is 1. The lowest BCUT2D eigenvalue weighted by Gasteiger charge is -2.35. The molecule has 2 N–H and O–H groups in total. The first kappa shape index (κ1) is 19.0. The maximum Gasteiger partial charge on any atom is 0.326 e. The summed E-state index contributed by atoms with van der Waals surface area (Å²) in [6.45, 7) is 4.27. The van der Waals surface area contributed by atoms with E-state index in [1.807, 2.05) is 41.8 Å². The molecule has 4 rings (SSSR count). The van der Waals surface area contributed by atoms with Gasteiger partial charge in [-0.15, -0.1) is 11.3 Å². The van der Waals surface area contributed by atoms with Crippen molar-refractivity contribution in [1.82, 2.24) is 19.8 Å². The Morgan fingerprint density at radius 1 is 1.25 bits per heavy atom. The van der Waals surface area contributed by atoms with Crippen molar-refractivity contribution >= 4 is 28.3 Å². The lowest BCUT2D eigenvalue weighted by Crippen LogP contribution is -2.49. The average Bonchev–Trinajstić information content (AvgIpc) is 3.34. The monoisotopic (exact) mass is 398 g/mol. The van der Waals surface area contributed by atoms with Crippen LogP contribution in [0.3, 0.4) is 0 Å². The molecule has 7 heteroatoms. The third kappa shape index (κ3) is 3.91. The van der Waals surface area contributed by atoms with Gasteiger partial charge >= 0.3 is 5.69 Å². The van der Waals surface area contributed by atoms with Crippen LogP contribution >= 0.6 is 11.3 Å². The summed E-state index contributed by atoms with van der Waals surface area (Å²) >= 11 is 1.72. The maximum atomic E-state index is 12.5. The predicted molar refractivity (Wildman–Crippen MR) is 113 cm³/mol. The number of carbonyl (C=O) groups excluding carboxylic acids is 1. The Kier molecular flexibility index (Phi) is 5.64. The van der Waals surface area contributed by atoms with Crippen molar-refractivity contribution in [2.45, 2.75) is 38.3 Å². The first-order chi connectivity index (χ1) is 13.6.